The normalized spacial score (nSPS) is 12.4. The van der Waals surface area contributed by atoms with E-state index in [9.17, 15) is 8.42 Å². The van der Waals surface area contributed by atoms with Crippen molar-refractivity contribution in [3.05, 3.63) is 6.92 Å². The fraction of sp³-hybridized carbons (Fsp3) is 0.857. The van der Waals surface area contributed by atoms with Gasteiger partial charge >= 0.3 is 0 Å². The quantitative estimate of drug-likeness (QED) is 0.627. The Bertz CT molecular complexity index is 187. The standard InChI is InChI=1S/C7H16NO2S/c1-4-6-7-11(9,10)8(3)5-2/h2,4-7H2,1,3H3. The first-order chi connectivity index (χ1) is 5.04. The number of sulfonamides is 1. The summed E-state index contributed by atoms with van der Waals surface area (Å²) in [5, 5.41) is 0. The summed E-state index contributed by atoms with van der Waals surface area (Å²) < 4.78 is 23.7. The van der Waals surface area contributed by atoms with Crippen LogP contribution in [-0.2, 0) is 10.0 Å². The lowest BCUT2D eigenvalue weighted by Gasteiger charge is -2.13. The molecule has 0 aromatic rings. The molecule has 0 N–H and O–H groups in total. The van der Waals surface area contributed by atoms with E-state index < -0.39 is 10.0 Å². The maximum atomic E-state index is 11.2. The van der Waals surface area contributed by atoms with E-state index in [1.54, 1.807) is 7.05 Å². The topological polar surface area (TPSA) is 37.4 Å². The highest BCUT2D eigenvalue weighted by molar-refractivity contribution is 7.89. The molecule has 0 aliphatic rings. The summed E-state index contributed by atoms with van der Waals surface area (Å²) in [5.41, 5.74) is 0. The van der Waals surface area contributed by atoms with Crippen molar-refractivity contribution in [3.63, 3.8) is 0 Å². The third-order valence-electron chi connectivity index (χ3n) is 1.55. The minimum atomic E-state index is -3.00. The van der Waals surface area contributed by atoms with Crippen LogP contribution >= 0.6 is 0 Å². The van der Waals surface area contributed by atoms with Gasteiger partial charge in [-0.05, 0) is 13.3 Å². The van der Waals surface area contributed by atoms with Crippen molar-refractivity contribution in [1.82, 2.24) is 4.31 Å². The maximum absolute atomic E-state index is 11.2. The Labute approximate surface area is 69.4 Å². The van der Waals surface area contributed by atoms with Gasteiger partial charge in [0.25, 0.3) is 0 Å². The molecular weight excluding hydrogens is 162 g/mol. The fourth-order valence-electron chi connectivity index (χ4n) is 0.622. The van der Waals surface area contributed by atoms with Gasteiger partial charge in [0, 0.05) is 13.6 Å². The first kappa shape index (κ1) is 10.9. The molecule has 0 aliphatic carbocycles. The Morgan fingerprint density at radius 1 is 1.45 bits per heavy atom. The molecule has 0 aromatic heterocycles. The van der Waals surface area contributed by atoms with E-state index in [2.05, 4.69) is 6.92 Å². The minimum absolute atomic E-state index is 0.246. The second-order valence-electron chi connectivity index (χ2n) is 2.49. The van der Waals surface area contributed by atoms with Crippen molar-refractivity contribution in [2.45, 2.75) is 19.8 Å². The van der Waals surface area contributed by atoms with Gasteiger partial charge in [0.1, 0.15) is 0 Å². The summed E-state index contributed by atoms with van der Waals surface area (Å²) in [6, 6.07) is 0. The van der Waals surface area contributed by atoms with Crippen LogP contribution in [0, 0.1) is 6.92 Å². The number of unbranched alkanes of at least 4 members (excludes halogenated alkanes) is 1. The Hall–Kier alpha value is -0.0900. The molecule has 4 heteroatoms. The second kappa shape index (κ2) is 4.72. The van der Waals surface area contributed by atoms with E-state index in [0.29, 0.717) is 6.54 Å². The van der Waals surface area contributed by atoms with Crippen molar-refractivity contribution in [2.24, 2.45) is 0 Å². The van der Waals surface area contributed by atoms with E-state index in [1.165, 1.54) is 4.31 Å². The summed E-state index contributed by atoms with van der Waals surface area (Å²) >= 11 is 0. The van der Waals surface area contributed by atoms with Gasteiger partial charge in [-0.25, -0.2) is 12.7 Å². The summed E-state index contributed by atoms with van der Waals surface area (Å²) in [6.45, 7) is 5.79. The van der Waals surface area contributed by atoms with Gasteiger partial charge < -0.3 is 0 Å². The summed E-state index contributed by atoms with van der Waals surface area (Å²) in [7, 11) is -1.45. The van der Waals surface area contributed by atoms with Gasteiger partial charge in [-0.1, -0.05) is 13.3 Å². The Morgan fingerprint density at radius 2 is 2.00 bits per heavy atom. The molecule has 11 heavy (non-hydrogen) atoms. The maximum Gasteiger partial charge on any atom is 0.213 e. The van der Waals surface area contributed by atoms with E-state index in [4.69, 9.17) is 0 Å². The molecule has 67 valence electrons. The van der Waals surface area contributed by atoms with Crippen LogP contribution < -0.4 is 0 Å². The zero-order valence-corrected chi connectivity index (χ0v) is 8.02. The Kier molecular flexibility index (Phi) is 4.68. The number of nitrogens with zero attached hydrogens (tertiary/aromatic N) is 1. The smallest absolute Gasteiger partial charge is 0.212 e. The third-order valence-corrected chi connectivity index (χ3v) is 3.48. The molecule has 0 spiro atoms. The molecular formula is C7H16NO2S. The first-order valence-electron chi connectivity index (χ1n) is 3.78. The molecule has 0 heterocycles. The van der Waals surface area contributed by atoms with Gasteiger partial charge in [-0.15, -0.1) is 0 Å². The Balaban J connectivity index is 4.01. The highest BCUT2D eigenvalue weighted by atomic mass is 32.2. The first-order valence-corrected chi connectivity index (χ1v) is 5.38. The molecule has 0 saturated heterocycles. The van der Waals surface area contributed by atoms with Crippen LogP contribution in [-0.4, -0.2) is 32.1 Å². The van der Waals surface area contributed by atoms with Crippen LogP contribution in [0.2, 0.25) is 0 Å². The van der Waals surface area contributed by atoms with E-state index in [-0.39, 0.29) is 5.75 Å². The summed E-state index contributed by atoms with van der Waals surface area (Å²) in [6.07, 6.45) is 1.64. The average Bonchev–Trinajstić information content (AvgIpc) is 1.99. The molecule has 0 fully saturated rings. The number of hydrogen-bond donors (Lipinski definition) is 0. The van der Waals surface area contributed by atoms with Gasteiger partial charge in [-0.3, -0.25) is 0 Å². The zero-order chi connectivity index (χ0) is 8.91. The number of hydrogen-bond acceptors (Lipinski definition) is 2. The molecule has 0 saturated carbocycles. The van der Waals surface area contributed by atoms with Crippen LogP contribution in [0.15, 0.2) is 0 Å². The van der Waals surface area contributed by atoms with E-state index in [1.807, 2.05) is 6.92 Å². The van der Waals surface area contributed by atoms with E-state index >= 15 is 0 Å². The SMILES string of the molecule is [CH2]CN(C)S(=O)(=O)CCCC. The molecule has 0 unspecified atom stereocenters. The second-order valence-corrected chi connectivity index (χ2v) is 4.69. The molecule has 0 aromatic carbocycles. The van der Waals surface area contributed by atoms with Crippen molar-refractivity contribution in [3.8, 4) is 0 Å². The predicted molar refractivity (Wildman–Crippen MR) is 46.7 cm³/mol. The molecule has 3 nitrogen and oxygen atoms in total. The molecule has 0 amide bonds. The highest BCUT2D eigenvalue weighted by Crippen LogP contribution is 2.00. The van der Waals surface area contributed by atoms with Gasteiger partial charge in [0.2, 0.25) is 10.0 Å². The fourth-order valence-corrected chi connectivity index (χ4v) is 1.86. The number of rotatable bonds is 5. The van der Waals surface area contributed by atoms with Crippen LogP contribution in [0.1, 0.15) is 19.8 Å². The van der Waals surface area contributed by atoms with Crippen LogP contribution in [0.5, 0.6) is 0 Å². The lowest BCUT2D eigenvalue weighted by atomic mass is 10.4. The lowest BCUT2D eigenvalue weighted by molar-refractivity contribution is 0.496. The predicted octanol–water partition coefficient (Wildman–Crippen LogP) is 0.882. The van der Waals surface area contributed by atoms with Crippen LogP contribution in [0.25, 0.3) is 0 Å². The largest absolute Gasteiger partial charge is 0.213 e. The van der Waals surface area contributed by atoms with Gasteiger partial charge in [0.15, 0.2) is 0 Å². The van der Waals surface area contributed by atoms with Crippen molar-refractivity contribution in [1.29, 1.82) is 0 Å². The highest BCUT2D eigenvalue weighted by Gasteiger charge is 2.13. The minimum Gasteiger partial charge on any atom is -0.212 e. The van der Waals surface area contributed by atoms with Gasteiger partial charge in [0.05, 0.1) is 5.75 Å². The molecule has 0 rings (SSSR count). The van der Waals surface area contributed by atoms with Gasteiger partial charge in [-0.2, -0.15) is 0 Å². The third kappa shape index (κ3) is 3.72. The summed E-state index contributed by atoms with van der Waals surface area (Å²) in [5.74, 6) is 0.246. The van der Waals surface area contributed by atoms with Crippen molar-refractivity contribution >= 4 is 10.0 Å². The molecule has 0 bridgehead atoms. The van der Waals surface area contributed by atoms with Crippen molar-refractivity contribution in [2.75, 3.05) is 19.3 Å². The summed E-state index contributed by atoms with van der Waals surface area (Å²) in [4.78, 5) is 0. The average molecular weight is 178 g/mol. The molecule has 0 atom stereocenters. The molecule has 0 aliphatic heterocycles. The van der Waals surface area contributed by atoms with E-state index in [0.717, 1.165) is 12.8 Å². The van der Waals surface area contributed by atoms with Crippen LogP contribution in [0.3, 0.4) is 0 Å². The van der Waals surface area contributed by atoms with Crippen molar-refractivity contribution < 1.29 is 8.42 Å². The zero-order valence-electron chi connectivity index (χ0n) is 7.21. The van der Waals surface area contributed by atoms with Crippen LogP contribution in [0.4, 0.5) is 0 Å². The Morgan fingerprint density at radius 3 is 2.36 bits per heavy atom. The lowest BCUT2D eigenvalue weighted by Crippen LogP contribution is -2.28. The monoisotopic (exact) mass is 178 g/mol. The molecule has 1 radical (unpaired) electrons.